The van der Waals surface area contributed by atoms with Crippen molar-refractivity contribution in [1.29, 1.82) is 0 Å². The number of hydrogen-bond acceptors (Lipinski definition) is 3. The minimum Gasteiger partial charge on any atom is -0.355 e. The highest BCUT2D eigenvalue weighted by Gasteiger charge is 2.20. The Labute approximate surface area is 82.3 Å². The fourth-order valence-corrected chi connectivity index (χ4v) is 1.58. The minimum absolute atomic E-state index is 0.0490. The lowest BCUT2D eigenvalue weighted by Crippen LogP contribution is -2.47. The van der Waals surface area contributed by atoms with E-state index in [1.165, 1.54) is 0 Å². The van der Waals surface area contributed by atoms with E-state index in [4.69, 9.17) is 0 Å². The lowest BCUT2D eigenvalue weighted by molar-refractivity contribution is -0.124. The van der Waals surface area contributed by atoms with Gasteiger partial charge >= 0.3 is 0 Å². The molecular formula is C9H14N4O. The average molecular weight is 194 g/mol. The van der Waals surface area contributed by atoms with Crippen molar-refractivity contribution in [2.45, 2.75) is 25.4 Å². The van der Waals surface area contributed by atoms with Crippen LogP contribution in [0.3, 0.4) is 0 Å². The molecule has 1 aromatic heterocycles. The highest BCUT2D eigenvalue weighted by Crippen LogP contribution is 2.03. The molecular weight excluding hydrogens is 180 g/mol. The Morgan fingerprint density at radius 2 is 2.57 bits per heavy atom. The molecule has 1 unspecified atom stereocenters. The number of aromatic amines is 1. The second-order valence-electron chi connectivity index (χ2n) is 3.45. The Hall–Kier alpha value is -1.36. The second-order valence-corrected chi connectivity index (χ2v) is 3.45. The average Bonchev–Trinajstić information content (AvgIpc) is 2.69. The van der Waals surface area contributed by atoms with Gasteiger partial charge in [-0.15, -0.1) is 0 Å². The molecule has 2 rings (SSSR count). The molecule has 5 heteroatoms. The molecule has 5 nitrogen and oxygen atoms in total. The smallest absolute Gasteiger partial charge is 0.237 e. The van der Waals surface area contributed by atoms with Gasteiger partial charge in [-0.05, 0) is 18.9 Å². The number of rotatable bonds is 3. The zero-order chi connectivity index (χ0) is 9.80. The second kappa shape index (κ2) is 4.23. The van der Waals surface area contributed by atoms with Gasteiger partial charge in [0.05, 0.1) is 6.04 Å². The highest BCUT2D eigenvalue weighted by molar-refractivity contribution is 5.82. The molecule has 0 bridgehead atoms. The van der Waals surface area contributed by atoms with E-state index in [1.54, 1.807) is 6.20 Å². The van der Waals surface area contributed by atoms with Crippen LogP contribution < -0.4 is 10.6 Å². The predicted molar refractivity (Wildman–Crippen MR) is 51.5 cm³/mol. The molecule has 1 aromatic rings. The standard InChI is InChI=1S/C9H14N4O/c14-9-8(2-1-4-10-9)11-6-7-3-5-12-13-7/h3,5,8,11H,1-2,4,6H2,(H,10,14)(H,12,13). The molecule has 1 atom stereocenters. The van der Waals surface area contributed by atoms with Crippen molar-refractivity contribution in [2.24, 2.45) is 0 Å². The first-order valence-corrected chi connectivity index (χ1v) is 4.85. The van der Waals surface area contributed by atoms with E-state index >= 15 is 0 Å². The first-order chi connectivity index (χ1) is 6.86. The molecule has 1 saturated heterocycles. The minimum atomic E-state index is -0.0490. The zero-order valence-electron chi connectivity index (χ0n) is 7.92. The van der Waals surface area contributed by atoms with E-state index in [9.17, 15) is 4.79 Å². The van der Waals surface area contributed by atoms with E-state index in [-0.39, 0.29) is 11.9 Å². The van der Waals surface area contributed by atoms with Gasteiger partial charge in [-0.3, -0.25) is 9.89 Å². The predicted octanol–water partition coefficient (Wildman–Crippen LogP) is -0.222. The summed E-state index contributed by atoms with van der Waals surface area (Å²) < 4.78 is 0. The molecule has 0 radical (unpaired) electrons. The van der Waals surface area contributed by atoms with Crippen molar-refractivity contribution >= 4 is 5.91 Å². The summed E-state index contributed by atoms with van der Waals surface area (Å²) in [4.78, 5) is 11.4. The Kier molecular flexibility index (Phi) is 2.78. The summed E-state index contributed by atoms with van der Waals surface area (Å²) in [5, 5.41) is 12.7. The summed E-state index contributed by atoms with van der Waals surface area (Å²) >= 11 is 0. The van der Waals surface area contributed by atoms with Crippen LogP contribution in [0.25, 0.3) is 0 Å². The number of H-pyrrole nitrogens is 1. The number of amides is 1. The van der Waals surface area contributed by atoms with Gasteiger partial charge in [-0.2, -0.15) is 5.10 Å². The molecule has 0 aliphatic carbocycles. The Bertz CT molecular complexity index is 296. The van der Waals surface area contributed by atoms with Gasteiger partial charge in [-0.25, -0.2) is 0 Å². The van der Waals surface area contributed by atoms with Crippen LogP contribution in [0.2, 0.25) is 0 Å². The molecule has 1 amide bonds. The summed E-state index contributed by atoms with van der Waals surface area (Å²) in [6, 6.07) is 1.85. The molecule has 14 heavy (non-hydrogen) atoms. The van der Waals surface area contributed by atoms with E-state index in [1.807, 2.05) is 6.07 Å². The van der Waals surface area contributed by atoms with Crippen molar-refractivity contribution in [3.63, 3.8) is 0 Å². The number of aromatic nitrogens is 2. The summed E-state index contributed by atoms with van der Waals surface area (Å²) in [6.07, 6.45) is 3.67. The molecule has 0 saturated carbocycles. The first kappa shape index (κ1) is 9.21. The third-order valence-corrected chi connectivity index (χ3v) is 2.38. The first-order valence-electron chi connectivity index (χ1n) is 4.85. The van der Waals surface area contributed by atoms with Gasteiger partial charge in [0, 0.05) is 25.0 Å². The number of piperidine rings is 1. The summed E-state index contributed by atoms with van der Waals surface area (Å²) in [7, 11) is 0. The molecule has 76 valence electrons. The number of nitrogens with zero attached hydrogens (tertiary/aromatic N) is 1. The van der Waals surface area contributed by atoms with Gasteiger partial charge in [-0.1, -0.05) is 0 Å². The summed E-state index contributed by atoms with van der Waals surface area (Å²) in [6.45, 7) is 1.47. The molecule has 3 N–H and O–H groups in total. The van der Waals surface area contributed by atoms with Crippen molar-refractivity contribution < 1.29 is 4.79 Å². The van der Waals surface area contributed by atoms with Crippen LogP contribution in [0.4, 0.5) is 0 Å². The van der Waals surface area contributed by atoms with E-state index in [0.717, 1.165) is 25.1 Å². The van der Waals surface area contributed by atoms with Crippen LogP contribution in [0.1, 0.15) is 18.5 Å². The van der Waals surface area contributed by atoms with Crippen molar-refractivity contribution in [2.75, 3.05) is 6.54 Å². The molecule has 1 aliphatic heterocycles. The van der Waals surface area contributed by atoms with E-state index in [0.29, 0.717) is 6.54 Å². The third kappa shape index (κ3) is 2.11. The number of hydrogen-bond donors (Lipinski definition) is 3. The van der Waals surface area contributed by atoms with Crippen LogP contribution >= 0.6 is 0 Å². The van der Waals surface area contributed by atoms with Crippen molar-refractivity contribution in [1.82, 2.24) is 20.8 Å². The fourth-order valence-electron chi connectivity index (χ4n) is 1.58. The van der Waals surface area contributed by atoms with Gasteiger partial charge in [0.2, 0.25) is 5.91 Å². The monoisotopic (exact) mass is 194 g/mol. The van der Waals surface area contributed by atoms with E-state index in [2.05, 4.69) is 20.8 Å². The van der Waals surface area contributed by atoms with Gasteiger partial charge in [0.1, 0.15) is 0 Å². The lowest BCUT2D eigenvalue weighted by Gasteiger charge is -2.22. The van der Waals surface area contributed by atoms with Crippen LogP contribution in [-0.4, -0.2) is 28.7 Å². The van der Waals surface area contributed by atoms with Crippen LogP contribution in [0, 0.1) is 0 Å². The van der Waals surface area contributed by atoms with Crippen LogP contribution in [0.15, 0.2) is 12.3 Å². The van der Waals surface area contributed by atoms with E-state index < -0.39 is 0 Å². The van der Waals surface area contributed by atoms with Crippen molar-refractivity contribution in [3.8, 4) is 0 Å². The Morgan fingerprint density at radius 1 is 1.64 bits per heavy atom. The lowest BCUT2D eigenvalue weighted by atomic mass is 10.1. The maximum Gasteiger partial charge on any atom is 0.237 e. The molecule has 1 fully saturated rings. The quantitative estimate of drug-likeness (QED) is 0.623. The number of carbonyl (C=O) groups is 1. The molecule has 0 aromatic carbocycles. The fraction of sp³-hybridized carbons (Fsp3) is 0.556. The Morgan fingerprint density at radius 3 is 3.29 bits per heavy atom. The normalized spacial score (nSPS) is 22.0. The molecule has 0 spiro atoms. The SMILES string of the molecule is O=C1NCCCC1NCc1ccn[nH]1. The van der Waals surface area contributed by atoms with Crippen molar-refractivity contribution in [3.05, 3.63) is 18.0 Å². The molecule has 2 heterocycles. The third-order valence-electron chi connectivity index (χ3n) is 2.38. The largest absolute Gasteiger partial charge is 0.355 e. The molecule has 1 aliphatic rings. The van der Waals surface area contributed by atoms with Gasteiger partial charge in [0.25, 0.3) is 0 Å². The number of carbonyl (C=O) groups excluding carboxylic acids is 1. The van der Waals surface area contributed by atoms with Crippen LogP contribution in [-0.2, 0) is 11.3 Å². The number of nitrogens with one attached hydrogen (secondary N) is 3. The maximum absolute atomic E-state index is 11.4. The zero-order valence-corrected chi connectivity index (χ0v) is 7.92. The highest BCUT2D eigenvalue weighted by atomic mass is 16.2. The maximum atomic E-state index is 11.4. The summed E-state index contributed by atoms with van der Waals surface area (Å²) in [5.41, 5.74) is 1.00. The Balaban J connectivity index is 1.82. The topological polar surface area (TPSA) is 69.8 Å². The summed E-state index contributed by atoms with van der Waals surface area (Å²) in [5.74, 6) is 0.107. The van der Waals surface area contributed by atoms with Gasteiger partial charge < -0.3 is 10.6 Å². The van der Waals surface area contributed by atoms with Crippen LogP contribution in [0.5, 0.6) is 0 Å². The van der Waals surface area contributed by atoms with Gasteiger partial charge in [0.15, 0.2) is 0 Å².